The lowest BCUT2D eigenvalue weighted by Crippen LogP contribution is -2.40. The van der Waals surface area contributed by atoms with Crippen LogP contribution in [-0.4, -0.2) is 41.9 Å². The van der Waals surface area contributed by atoms with Gasteiger partial charge in [-0.15, -0.1) is 0 Å². The second kappa shape index (κ2) is 7.03. The lowest BCUT2D eigenvalue weighted by atomic mass is 9.96. The van der Waals surface area contributed by atoms with Crippen molar-refractivity contribution in [3.8, 4) is 0 Å². The van der Waals surface area contributed by atoms with E-state index in [-0.39, 0.29) is 23.5 Å². The highest BCUT2D eigenvalue weighted by Gasteiger charge is 2.29. The van der Waals surface area contributed by atoms with Crippen LogP contribution in [-0.2, 0) is 9.53 Å². The number of ether oxygens (including phenoxy) is 1. The average Bonchev–Trinajstić information content (AvgIpc) is 2.53. The van der Waals surface area contributed by atoms with Crippen molar-refractivity contribution in [2.45, 2.75) is 12.8 Å². The number of hydrogen-bond donors (Lipinski definition) is 0. The number of amides is 1. The summed E-state index contributed by atoms with van der Waals surface area (Å²) in [6, 6.07) is 4.19. The molecule has 0 unspecified atom stereocenters. The Hall–Kier alpha value is -1.71. The van der Waals surface area contributed by atoms with Crippen LogP contribution in [0.15, 0.2) is 18.2 Å². The van der Waals surface area contributed by atoms with E-state index in [9.17, 15) is 19.7 Å². The number of nitrogens with zero attached hydrogens (tertiary/aromatic N) is 2. The third-order valence-electron chi connectivity index (χ3n) is 3.71. The number of halogens is 1. The van der Waals surface area contributed by atoms with E-state index in [0.29, 0.717) is 35.1 Å². The maximum atomic E-state index is 12.5. The number of likely N-dealkylation sites (tertiary alicyclic amines) is 1. The molecule has 2 rings (SSSR count). The first-order valence-corrected chi connectivity index (χ1v) is 7.83. The van der Waals surface area contributed by atoms with Gasteiger partial charge in [-0.05, 0) is 41.5 Å². The highest BCUT2D eigenvalue weighted by atomic mass is 127. The molecule has 1 aromatic carbocycles. The second-order valence-corrected chi connectivity index (χ2v) is 6.17. The zero-order valence-corrected chi connectivity index (χ0v) is 14.1. The quantitative estimate of drug-likeness (QED) is 0.325. The number of methoxy groups -OCH3 is 1. The summed E-state index contributed by atoms with van der Waals surface area (Å²) < 4.78 is 5.27. The van der Waals surface area contributed by atoms with E-state index in [2.05, 4.69) is 0 Å². The van der Waals surface area contributed by atoms with Gasteiger partial charge in [-0.1, -0.05) is 0 Å². The maximum Gasteiger partial charge on any atom is 0.308 e. The SMILES string of the molecule is COC(=O)C1CCN(C(=O)c2ccc([N+](=O)[O-])cc2I)CC1. The normalized spacial score (nSPS) is 15.5. The van der Waals surface area contributed by atoms with E-state index < -0.39 is 4.92 Å². The van der Waals surface area contributed by atoms with Crippen LogP contribution in [0.3, 0.4) is 0 Å². The second-order valence-electron chi connectivity index (χ2n) is 5.01. The highest BCUT2D eigenvalue weighted by Crippen LogP contribution is 2.24. The molecule has 0 bridgehead atoms. The Morgan fingerprint density at radius 3 is 2.50 bits per heavy atom. The molecule has 1 aromatic rings. The van der Waals surface area contributed by atoms with Gasteiger partial charge in [-0.3, -0.25) is 19.7 Å². The summed E-state index contributed by atoms with van der Waals surface area (Å²) >= 11 is 1.93. The Morgan fingerprint density at radius 1 is 1.36 bits per heavy atom. The fraction of sp³-hybridized carbons (Fsp3) is 0.429. The van der Waals surface area contributed by atoms with Crippen molar-refractivity contribution in [1.82, 2.24) is 4.90 Å². The number of nitro benzene ring substituents is 1. The number of carbonyl (C=O) groups excluding carboxylic acids is 2. The van der Waals surface area contributed by atoms with Gasteiger partial charge in [0.1, 0.15) is 0 Å². The average molecular weight is 418 g/mol. The Bertz CT molecular complexity index is 611. The molecular weight excluding hydrogens is 403 g/mol. The maximum absolute atomic E-state index is 12.5. The molecule has 0 spiro atoms. The van der Waals surface area contributed by atoms with Crippen molar-refractivity contribution in [3.63, 3.8) is 0 Å². The van der Waals surface area contributed by atoms with E-state index in [1.807, 2.05) is 22.6 Å². The molecule has 8 heteroatoms. The lowest BCUT2D eigenvalue weighted by molar-refractivity contribution is -0.384. The van der Waals surface area contributed by atoms with E-state index in [1.54, 1.807) is 4.90 Å². The fourth-order valence-electron chi connectivity index (χ4n) is 2.45. The molecule has 1 amide bonds. The molecule has 0 saturated carbocycles. The summed E-state index contributed by atoms with van der Waals surface area (Å²) in [5.74, 6) is -0.565. The van der Waals surface area contributed by atoms with Gasteiger partial charge in [0.05, 0.1) is 23.5 Å². The highest BCUT2D eigenvalue weighted by molar-refractivity contribution is 14.1. The van der Waals surface area contributed by atoms with Gasteiger partial charge in [0.15, 0.2) is 0 Å². The van der Waals surface area contributed by atoms with Crippen LogP contribution >= 0.6 is 22.6 Å². The number of rotatable bonds is 3. The number of piperidine rings is 1. The molecule has 1 fully saturated rings. The minimum absolute atomic E-state index is 0.0367. The number of nitro groups is 1. The summed E-state index contributed by atoms with van der Waals surface area (Å²) in [6.45, 7) is 0.956. The van der Waals surface area contributed by atoms with Crippen LogP contribution in [0.4, 0.5) is 5.69 Å². The molecule has 1 saturated heterocycles. The smallest absolute Gasteiger partial charge is 0.308 e. The van der Waals surface area contributed by atoms with Gasteiger partial charge >= 0.3 is 5.97 Å². The molecule has 0 radical (unpaired) electrons. The number of hydrogen-bond acceptors (Lipinski definition) is 5. The Kier molecular flexibility index (Phi) is 5.33. The van der Waals surface area contributed by atoms with Gasteiger partial charge < -0.3 is 9.64 Å². The van der Waals surface area contributed by atoms with Gasteiger partial charge in [0.25, 0.3) is 11.6 Å². The van der Waals surface area contributed by atoms with Crippen molar-refractivity contribution in [3.05, 3.63) is 37.4 Å². The predicted octanol–water partition coefficient (Wildman–Crippen LogP) is 2.22. The number of esters is 1. The predicted molar refractivity (Wildman–Crippen MR) is 86.5 cm³/mol. The summed E-state index contributed by atoms with van der Waals surface area (Å²) in [4.78, 5) is 35.9. The van der Waals surface area contributed by atoms with Gasteiger partial charge in [0.2, 0.25) is 0 Å². The third kappa shape index (κ3) is 3.54. The summed E-state index contributed by atoms with van der Waals surface area (Å²) in [5, 5.41) is 10.7. The van der Waals surface area contributed by atoms with E-state index in [0.717, 1.165) is 0 Å². The van der Waals surface area contributed by atoms with Crippen LogP contribution < -0.4 is 0 Å². The third-order valence-corrected chi connectivity index (χ3v) is 4.60. The van der Waals surface area contributed by atoms with Gasteiger partial charge in [-0.2, -0.15) is 0 Å². The lowest BCUT2D eigenvalue weighted by Gasteiger charge is -2.31. The first kappa shape index (κ1) is 16.7. The Labute approximate surface area is 140 Å². The molecule has 0 atom stereocenters. The van der Waals surface area contributed by atoms with E-state index >= 15 is 0 Å². The first-order chi connectivity index (χ1) is 10.4. The molecule has 1 aliphatic rings. The monoisotopic (exact) mass is 418 g/mol. The zero-order valence-electron chi connectivity index (χ0n) is 12.0. The van der Waals surface area contributed by atoms with Crippen LogP contribution in [0.2, 0.25) is 0 Å². The molecule has 7 nitrogen and oxygen atoms in total. The van der Waals surface area contributed by atoms with Gasteiger partial charge in [-0.25, -0.2) is 0 Å². The number of non-ortho nitro benzene ring substituents is 1. The van der Waals surface area contributed by atoms with Crippen LogP contribution in [0, 0.1) is 19.6 Å². The molecule has 0 N–H and O–H groups in total. The van der Waals surface area contributed by atoms with Crippen molar-refractivity contribution < 1.29 is 19.2 Å². The number of benzene rings is 1. The van der Waals surface area contributed by atoms with Crippen LogP contribution in [0.5, 0.6) is 0 Å². The van der Waals surface area contributed by atoms with Crippen molar-refractivity contribution >= 4 is 40.2 Å². The van der Waals surface area contributed by atoms with Crippen molar-refractivity contribution in [2.24, 2.45) is 5.92 Å². The minimum Gasteiger partial charge on any atom is -0.469 e. The largest absolute Gasteiger partial charge is 0.469 e. The standard InChI is InChI=1S/C14H15IN2O5/c1-22-14(19)9-4-6-16(7-5-9)13(18)11-3-2-10(17(20)21)8-12(11)15/h2-3,8-9H,4-7H2,1H3. The zero-order chi connectivity index (χ0) is 16.3. The van der Waals surface area contributed by atoms with Crippen LogP contribution in [0.1, 0.15) is 23.2 Å². The van der Waals surface area contributed by atoms with Gasteiger partial charge in [0, 0.05) is 28.8 Å². The van der Waals surface area contributed by atoms with E-state index in [1.165, 1.54) is 25.3 Å². The van der Waals surface area contributed by atoms with Crippen molar-refractivity contribution in [2.75, 3.05) is 20.2 Å². The topological polar surface area (TPSA) is 89.8 Å². The van der Waals surface area contributed by atoms with Crippen molar-refractivity contribution in [1.29, 1.82) is 0 Å². The van der Waals surface area contributed by atoms with E-state index in [4.69, 9.17) is 4.74 Å². The number of carbonyl (C=O) groups is 2. The molecule has 118 valence electrons. The molecule has 0 aliphatic carbocycles. The van der Waals surface area contributed by atoms with Crippen LogP contribution in [0.25, 0.3) is 0 Å². The Morgan fingerprint density at radius 2 is 2.00 bits per heavy atom. The minimum atomic E-state index is -0.488. The molecule has 0 aromatic heterocycles. The molecule has 22 heavy (non-hydrogen) atoms. The molecular formula is C14H15IN2O5. The Balaban J connectivity index is 2.07. The summed E-state index contributed by atoms with van der Waals surface area (Å²) in [7, 11) is 1.36. The molecule has 1 aliphatic heterocycles. The molecule has 1 heterocycles. The first-order valence-electron chi connectivity index (χ1n) is 6.75. The summed E-state index contributed by atoms with van der Waals surface area (Å²) in [5.41, 5.74) is 0.410. The fourth-order valence-corrected chi connectivity index (χ4v) is 3.18. The summed E-state index contributed by atoms with van der Waals surface area (Å²) in [6.07, 6.45) is 1.14.